The maximum Gasteiger partial charge on any atom is 0.472 e. The lowest BCUT2D eigenvalue weighted by Crippen LogP contribution is -2.37. The van der Waals surface area contributed by atoms with E-state index in [9.17, 15) is 19.0 Å². The molecule has 0 saturated carbocycles. The SMILES string of the molecule is CC/C=C\C/C=C\C/C=C\C/C=C\C/C=C\C/C=C\C/C=C\C/C=C\C/C=C\C/C=C\CCCCCCC(=O)OC(COC(=O)CCCCCCCCCCCCCCCCCCCCCCCCCCCCCCCCCCCCC)COP(=O)(O)OCC[N+](C)(C)C. The van der Waals surface area contributed by atoms with Gasteiger partial charge in [0.1, 0.15) is 19.8 Å². The van der Waals surface area contributed by atoms with Crippen LogP contribution >= 0.6 is 7.82 Å². The number of nitrogens with zero attached hydrogens (tertiary/aromatic N) is 1. The quantitative estimate of drug-likeness (QED) is 0.0211. The molecule has 0 fully saturated rings. The van der Waals surface area contributed by atoms with Gasteiger partial charge in [0.05, 0.1) is 27.7 Å². The monoisotopic (exact) mass is 1330 g/mol. The van der Waals surface area contributed by atoms with Crippen molar-refractivity contribution in [3.8, 4) is 0 Å². The van der Waals surface area contributed by atoms with Gasteiger partial charge in [0.25, 0.3) is 0 Å². The van der Waals surface area contributed by atoms with Gasteiger partial charge >= 0.3 is 19.8 Å². The second-order valence-electron chi connectivity index (χ2n) is 27.4. The van der Waals surface area contributed by atoms with Gasteiger partial charge < -0.3 is 18.9 Å². The maximum absolute atomic E-state index is 12.9. The van der Waals surface area contributed by atoms with Gasteiger partial charge in [-0.1, -0.05) is 367 Å². The number of phosphoric ester groups is 1. The van der Waals surface area contributed by atoms with E-state index in [0.29, 0.717) is 17.4 Å². The van der Waals surface area contributed by atoms with Gasteiger partial charge in [-0.3, -0.25) is 18.6 Å². The zero-order valence-corrected chi connectivity index (χ0v) is 62.8. The number of ether oxygens (including phenoxy) is 2. The van der Waals surface area contributed by atoms with Crippen molar-refractivity contribution in [3.05, 3.63) is 122 Å². The molecule has 94 heavy (non-hydrogen) atoms. The number of hydrogen-bond acceptors (Lipinski definition) is 7. The summed E-state index contributed by atoms with van der Waals surface area (Å²) in [5.41, 5.74) is 0. The fourth-order valence-corrected chi connectivity index (χ4v) is 11.8. The highest BCUT2D eigenvalue weighted by Crippen LogP contribution is 2.43. The molecule has 9 nitrogen and oxygen atoms in total. The number of quaternary nitrogens is 1. The molecule has 0 bridgehead atoms. The molecule has 0 aliphatic heterocycles. The number of carbonyl (C=O) groups excluding carboxylic acids is 2. The van der Waals surface area contributed by atoms with Gasteiger partial charge in [0.2, 0.25) is 0 Å². The molecule has 2 atom stereocenters. The maximum atomic E-state index is 12.9. The van der Waals surface area contributed by atoms with E-state index in [1.54, 1.807) is 0 Å². The third-order valence-electron chi connectivity index (χ3n) is 17.0. The molecule has 0 aliphatic carbocycles. The molecule has 10 heteroatoms. The van der Waals surface area contributed by atoms with Gasteiger partial charge in [0, 0.05) is 12.8 Å². The molecule has 0 amide bonds. The van der Waals surface area contributed by atoms with Crippen molar-refractivity contribution in [3.63, 3.8) is 0 Å². The third kappa shape index (κ3) is 77.4. The van der Waals surface area contributed by atoms with Crippen LogP contribution in [0.4, 0.5) is 0 Å². The lowest BCUT2D eigenvalue weighted by Gasteiger charge is -2.24. The number of rotatable bonds is 72. The van der Waals surface area contributed by atoms with Crippen LogP contribution in [0.1, 0.15) is 348 Å². The Hall–Kier alpha value is -3.59. The van der Waals surface area contributed by atoms with Crippen LogP contribution in [0.5, 0.6) is 0 Å². The van der Waals surface area contributed by atoms with E-state index in [1.165, 1.54) is 205 Å². The van der Waals surface area contributed by atoms with Crippen molar-refractivity contribution in [1.82, 2.24) is 0 Å². The minimum absolute atomic E-state index is 0.0218. The minimum Gasteiger partial charge on any atom is -0.462 e. The van der Waals surface area contributed by atoms with Gasteiger partial charge in [-0.15, -0.1) is 0 Å². The highest BCUT2D eigenvalue weighted by Gasteiger charge is 2.27. The van der Waals surface area contributed by atoms with E-state index in [2.05, 4.69) is 135 Å². The molecule has 0 rings (SSSR count). The van der Waals surface area contributed by atoms with Crippen molar-refractivity contribution in [1.29, 1.82) is 0 Å². The Kier molecular flexibility index (Phi) is 70.8. The fourth-order valence-electron chi connectivity index (χ4n) is 11.0. The standard InChI is InChI=1S/C84H148NO8P/c1-6-8-10-12-14-16-18-20-22-24-26-28-30-32-34-36-38-40-42-44-46-48-50-52-54-56-58-60-62-64-66-68-70-72-74-76-83(86)90-80-82(81-92-94(88,89)91-79-78-85(3,4)5)93-84(87)77-75-73-71-69-67-65-63-61-59-57-55-53-51-49-47-45-43-41-39-37-35-33-31-29-27-25-23-21-19-17-15-13-11-9-7-2/h9,11,15,17,21,23,27,29,33,35,39,41,45,47,51,53,57,59,63,65,82H,6-8,10,12-14,16,18-20,22,24-26,28,30-32,34,36-38,40,42-44,46,48-50,52,54-56,58,60-62,64,66-81H2,1-5H3/p+1/b11-9-,17-15-,23-21-,29-27-,35-33-,41-39-,47-45-,53-51-,59-57-,65-63-. The Morgan fingerprint density at radius 3 is 0.904 bits per heavy atom. The number of unbranched alkanes of at least 4 members (excludes halogenated alkanes) is 38. The fraction of sp³-hybridized carbons (Fsp3) is 0.738. The Balaban J connectivity index is 4.05. The molecule has 1 N–H and O–H groups in total. The van der Waals surface area contributed by atoms with Crippen LogP contribution in [0.25, 0.3) is 0 Å². The zero-order valence-electron chi connectivity index (χ0n) is 61.9. The van der Waals surface area contributed by atoms with E-state index in [0.717, 1.165) is 109 Å². The summed E-state index contributed by atoms with van der Waals surface area (Å²) in [6.07, 6.45) is 106. The lowest BCUT2D eigenvalue weighted by atomic mass is 10.0. The van der Waals surface area contributed by atoms with Crippen LogP contribution in [0.3, 0.4) is 0 Å². The number of likely N-dealkylation sites (N-methyl/N-ethyl adjacent to an activating group) is 1. The molecule has 2 unspecified atom stereocenters. The Morgan fingerprint density at radius 2 is 0.606 bits per heavy atom. The molecule has 0 radical (unpaired) electrons. The third-order valence-corrected chi connectivity index (χ3v) is 18.0. The van der Waals surface area contributed by atoms with E-state index in [1.807, 2.05) is 21.1 Å². The average Bonchev–Trinajstić information content (AvgIpc) is 1.68. The van der Waals surface area contributed by atoms with Crippen LogP contribution in [-0.2, 0) is 32.7 Å². The van der Waals surface area contributed by atoms with Crippen LogP contribution in [-0.4, -0.2) is 74.9 Å². The summed E-state index contributed by atoms with van der Waals surface area (Å²) in [5.74, 6) is -0.821. The van der Waals surface area contributed by atoms with Crippen molar-refractivity contribution in [2.24, 2.45) is 0 Å². The van der Waals surface area contributed by atoms with E-state index < -0.39 is 26.5 Å². The predicted octanol–water partition coefficient (Wildman–Crippen LogP) is 26.2. The van der Waals surface area contributed by atoms with Crippen molar-refractivity contribution in [2.75, 3.05) is 47.5 Å². The highest BCUT2D eigenvalue weighted by molar-refractivity contribution is 7.47. The molecular formula is C84H149NO8P+. The minimum atomic E-state index is -4.41. The molecule has 0 aliphatic rings. The Labute approximate surface area is 581 Å². The van der Waals surface area contributed by atoms with Crippen molar-refractivity contribution >= 4 is 19.8 Å². The molecule has 0 aromatic rings. The van der Waals surface area contributed by atoms with E-state index >= 15 is 0 Å². The van der Waals surface area contributed by atoms with Crippen LogP contribution < -0.4 is 0 Å². The first-order valence-corrected chi connectivity index (χ1v) is 40.8. The molecule has 0 saturated heterocycles. The van der Waals surface area contributed by atoms with Gasteiger partial charge in [-0.25, -0.2) is 4.57 Å². The molecule has 0 aromatic heterocycles. The molecular weight excluding hydrogens is 1180 g/mol. The summed E-state index contributed by atoms with van der Waals surface area (Å²) in [7, 11) is 1.46. The summed E-state index contributed by atoms with van der Waals surface area (Å²) >= 11 is 0. The largest absolute Gasteiger partial charge is 0.472 e. The van der Waals surface area contributed by atoms with E-state index in [-0.39, 0.29) is 32.0 Å². The number of esters is 2. The molecule has 0 aromatic carbocycles. The molecule has 0 spiro atoms. The van der Waals surface area contributed by atoms with Crippen molar-refractivity contribution in [2.45, 2.75) is 354 Å². The van der Waals surface area contributed by atoms with Gasteiger partial charge in [0.15, 0.2) is 6.10 Å². The van der Waals surface area contributed by atoms with Crippen LogP contribution in [0.2, 0.25) is 0 Å². The number of carbonyl (C=O) groups is 2. The first-order chi connectivity index (χ1) is 46.0. The van der Waals surface area contributed by atoms with Crippen LogP contribution in [0, 0.1) is 0 Å². The summed E-state index contributed by atoms with van der Waals surface area (Å²) in [6, 6.07) is 0. The number of hydrogen-bond donors (Lipinski definition) is 1. The lowest BCUT2D eigenvalue weighted by molar-refractivity contribution is -0.870. The van der Waals surface area contributed by atoms with Crippen molar-refractivity contribution < 1.29 is 42.1 Å². The normalized spacial score (nSPS) is 13.7. The van der Waals surface area contributed by atoms with Gasteiger partial charge in [-0.05, 0) is 89.9 Å². The second-order valence-corrected chi connectivity index (χ2v) is 28.8. The Morgan fingerprint density at radius 1 is 0.340 bits per heavy atom. The first kappa shape index (κ1) is 90.4. The van der Waals surface area contributed by atoms with E-state index in [4.69, 9.17) is 18.5 Å². The zero-order chi connectivity index (χ0) is 68.3. The predicted molar refractivity (Wildman–Crippen MR) is 408 cm³/mol. The summed E-state index contributed by atoms with van der Waals surface area (Å²) < 4.78 is 34.8. The van der Waals surface area contributed by atoms with Crippen LogP contribution in [0.15, 0.2) is 122 Å². The molecule has 0 heterocycles. The Bertz CT molecular complexity index is 2010. The summed E-state index contributed by atoms with van der Waals surface area (Å²) in [4.78, 5) is 35.9. The number of allylic oxidation sites excluding steroid dienone is 20. The number of phosphoric acid groups is 1. The van der Waals surface area contributed by atoms with Gasteiger partial charge in [-0.2, -0.15) is 0 Å². The topological polar surface area (TPSA) is 108 Å². The summed E-state index contributed by atoms with van der Waals surface area (Å²) in [5, 5.41) is 0. The summed E-state index contributed by atoms with van der Waals surface area (Å²) in [6.45, 7) is 4.33. The molecule has 542 valence electrons. The highest BCUT2D eigenvalue weighted by atomic mass is 31.2. The second kappa shape index (κ2) is 73.7. The average molecular weight is 1330 g/mol. The first-order valence-electron chi connectivity index (χ1n) is 39.3. The smallest absolute Gasteiger partial charge is 0.462 e.